The Hall–Kier alpha value is -1.69. The number of nitrogens with zero attached hydrogens (tertiary/aromatic N) is 2. The van der Waals surface area contributed by atoms with Crippen LogP contribution in [0, 0.1) is 5.82 Å². The van der Waals surface area contributed by atoms with Crippen molar-refractivity contribution in [2.24, 2.45) is 0 Å². The van der Waals surface area contributed by atoms with Crippen molar-refractivity contribution >= 4 is 27.5 Å². The van der Waals surface area contributed by atoms with Crippen LogP contribution in [-0.2, 0) is 4.79 Å². The second kappa shape index (κ2) is 5.30. The molecule has 0 bridgehead atoms. The number of rotatable bonds is 3. The molecule has 2 rings (SSSR count). The lowest BCUT2D eigenvalue weighted by Gasteiger charge is -2.13. The molecular formula is C12H11BrFN3O. The number of amides is 1. The summed E-state index contributed by atoms with van der Waals surface area (Å²) in [6.45, 7) is 1.69. The molecule has 18 heavy (non-hydrogen) atoms. The summed E-state index contributed by atoms with van der Waals surface area (Å²) < 4.78 is 15.7. The van der Waals surface area contributed by atoms with Gasteiger partial charge in [0.1, 0.15) is 11.9 Å². The lowest BCUT2D eigenvalue weighted by Crippen LogP contribution is -2.24. The maximum absolute atomic E-state index is 13.5. The zero-order valence-corrected chi connectivity index (χ0v) is 11.2. The van der Waals surface area contributed by atoms with Gasteiger partial charge in [-0.05, 0) is 31.2 Å². The molecular weight excluding hydrogens is 301 g/mol. The Kier molecular flexibility index (Phi) is 3.76. The molecule has 0 fully saturated rings. The number of halogens is 2. The molecule has 1 amide bonds. The van der Waals surface area contributed by atoms with Crippen LogP contribution in [0.3, 0.4) is 0 Å². The van der Waals surface area contributed by atoms with Gasteiger partial charge in [0.15, 0.2) is 0 Å². The highest BCUT2D eigenvalue weighted by molar-refractivity contribution is 9.10. The van der Waals surface area contributed by atoms with Crippen LogP contribution in [0.5, 0.6) is 0 Å². The fraction of sp³-hybridized carbons (Fsp3) is 0.167. The number of benzene rings is 1. The molecule has 6 heteroatoms. The molecule has 1 heterocycles. The summed E-state index contributed by atoms with van der Waals surface area (Å²) >= 11 is 3.16. The minimum atomic E-state index is -0.497. The molecule has 0 aliphatic rings. The number of hydrogen-bond donors (Lipinski definition) is 1. The standard InChI is InChI=1S/C12H11BrFN3O/c1-8(17-6-2-5-15-17)12(18)16-11-4-3-9(13)7-10(11)14/h2-8H,1H3,(H,16,18). The summed E-state index contributed by atoms with van der Waals surface area (Å²) in [7, 11) is 0. The molecule has 1 aromatic heterocycles. The second-order valence-electron chi connectivity index (χ2n) is 3.78. The van der Waals surface area contributed by atoms with E-state index >= 15 is 0 Å². The van der Waals surface area contributed by atoms with Gasteiger partial charge in [-0.15, -0.1) is 0 Å². The number of nitrogens with one attached hydrogen (secondary N) is 1. The van der Waals surface area contributed by atoms with Crippen LogP contribution >= 0.6 is 15.9 Å². The van der Waals surface area contributed by atoms with E-state index in [1.807, 2.05) is 0 Å². The van der Waals surface area contributed by atoms with E-state index < -0.39 is 11.9 Å². The van der Waals surface area contributed by atoms with Crippen molar-refractivity contribution in [3.63, 3.8) is 0 Å². The van der Waals surface area contributed by atoms with Gasteiger partial charge in [0, 0.05) is 16.9 Å². The van der Waals surface area contributed by atoms with E-state index in [-0.39, 0.29) is 11.6 Å². The van der Waals surface area contributed by atoms with E-state index in [9.17, 15) is 9.18 Å². The topological polar surface area (TPSA) is 46.9 Å². The Labute approximate surface area is 112 Å². The average molecular weight is 312 g/mol. The summed E-state index contributed by atoms with van der Waals surface area (Å²) in [6, 6.07) is 5.70. The van der Waals surface area contributed by atoms with Crippen LogP contribution in [0.4, 0.5) is 10.1 Å². The summed E-state index contributed by atoms with van der Waals surface area (Å²) in [5, 5.41) is 6.50. The summed E-state index contributed by atoms with van der Waals surface area (Å²) in [5.74, 6) is -0.801. The summed E-state index contributed by atoms with van der Waals surface area (Å²) in [4.78, 5) is 11.9. The molecule has 1 atom stereocenters. The number of hydrogen-bond acceptors (Lipinski definition) is 2. The van der Waals surface area contributed by atoms with Gasteiger partial charge >= 0.3 is 0 Å². The molecule has 1 aromatic carbocycles. The molecule has 1 N–H and O–H groups in total. The lowest BCUT2D eigenvalue weighted by molar-refractivity contribution is -0.119. The van der Waals surface area contributed by atoms with E-state index in [0.29, 0.717) is 4.47 Å². The molecule has 94 valence electrons. The third kappa shape index (κ3) is 2.76. The monoisotopic (exact) mass is 311 g/mol. The predicted octanol–water partition coefficient (Wildman–Crippen LogP) is 2.98. The molecule has 0 radical (unpaired) electrons. The molecule has 2 aromatic rings. The molecule has 0 aliphatic heterocycles. The van der Waals surface area contributed by atoms with E-state index in [1.165, 1.54) is 16.8 Å². The number of carbonyl (C=O) groups is 1. The largest absolute Gasteiger partial charge is 0.322 e. The highest BCUT2D eigenvalue weighted by Crippen LogP contribution is 2.20. The first kappa shape index (κ1) is 12.8. The number of anilines is 1. The van der Waals surface area contributed by atoms with Crippen molar-refractivity contribution in [2.45, 2.75) is 13.0 Å². The van der Waals surface area contributed by atoms with Crippen LogP contribution in [0.1, 0.15) is 13.0 Å². The van der Waals surface area contributed by atoms with Gasteiger partial charge in [-0.3, -0.25) is 9.48 Å². The summed E-state index contributed by atoms with van der Waals surface area (Å²) in [5.41, 5.74) is 0.155. The highest BCUT2D eigenvalue weighted by atomic mass is 79.9. The lowest BCUT2D eigenvalue weighted by atomic mass is 10.2. The van der Waals surface area contributed by atoms with E-state index in [1.54, 1.807) is 31.5 Å². The maximum Gasteiger partial charge on any atom is 0.249 e. The molecule has 0 spiro atoms. The Morgan fingerprint density at radius 2 is 2.33 bits per heavy atom. The van der Waals surface area contributed by atoms with Crippen molar-refractivity contribution in [3.05, 3.63) is 46.9 Å². The first-order chi connectivity index (χ1) is 8.58. The van der Waals surface area contributed by atoms with Crippen LogP contribution in [0.2, 0.25) is 0 Å². The van der Waals surface area contributed by atoms with Crippen molar-refractivity contribution < 1.29 is 9.18 Å². The zero-order chi connectivity index (χ0) is 13.1. The van der Waals surface area contributed by atoms with Crippen molar-refractivity contribution in [3.8, 4) is 0 Å². The van der Waals surface area contributed by atoms with Crippen LogP contribution in [-0.4, -0.2) is 15.7 Å². The minimum absolute atomic E-state index is 0.155. The van der Waals surface area contributed by atoms with Gasteiger partial charge in [-0.1, -0.05) is 15.9 Å². The van der Waals surface area contributed by atoms with Gasteiger partial charge in [0.05, 0.1) is 5.69 Å². The first-order valence-electron chi connectivity index (χ1n) is 5.33. The van der Waals surface area contributed by atoms with Crippen LogP contribution < -0.4 is 5.32 Å². The molecule has 0 aliphatic carbocycles. The number of carbonyl (C=O) groups excluding carboxylic acids is 1. The van der Waals surface area contributed by atoms with Crippen molar-refractivity contribution in [1.29, 1.82) is 0 Å². The van der Waals surface area contributed by atoms with Crippen molar-refractivity contribution in [2.75, 3.05) is 5.32 Å². The third-order valence-electron chi connectivity index (χ3n) is 2.49. The van der Waals surface area contributed by atoms with Gasteiger partial charge in [-0.25, -0.2) is 4.39 Å². The predicted molar refractivity (Wildman–Crippen MR) is 69.7 cm³/mol. The van der Waals surface area contributed by atoms with Gasteiger partial charge in [0.2, 0.25) is 5.91 Å². The Morgan fingerprint density at radius 3 is 2.94 bits per heavy atom. The van der Waals surface area contributed by atoms with E-state index in [0.717, 1.165) is 0 Å². The molecule has 0 saturated carbocycles. The summed E-state index contributed by atoms with van der Waals surface area (Å²) in [6.07, 6.45) is 3.27. The second-order valence-corrected chi connectivity index (χ2v) is 4.69. The molecule has 0 saturated heterocycles. The maximum atomic E-state index is 13.5. The average Bonchev–Trinajstić information content (AvgIpc) is 2.85. The SMILES string of the molecule is CC(C(=O)Nc1ccc(Br)cc1F)n1cccn1. The van der Waals surface area contributed by atoms with Crippen molar-refractivity contribution in [1.82, 2.24) is 9.78 Å². The van der Waals surface area contributed by atoms with Gasteiger partial charge in [-0.2, -0.15) is 5.10 Å². The quantitative estimate of drug-likeness (QED) is 0.947. The van der Waals surface area contributed by atoms with E-state index in [4.69, 9.17) is 0 Å². The van der Waals surface area contributed by atoms with Gasteiger partial charge in [0.25, 0.3) is 0 Å². The van der Waals surface area contributed by atoms with E-state index in [2.05, 4.69) is 26.3 Å². The Bertz CT molecular complexity index is 556. The van der Waals surface area contributed by atoms with Crippen LogP contribution in [0.15, 0.2) is 41.1 Å². The number of aromatic nitrogens is 2. The smallest absolute Gasteiger partial charge is 0.249 e. The Balaban J connectivity index is 2.12. The third-order valence-corrected chi connectivity index (χ3v) is 2.98. The minimum Gasteiger partial charge on any atom is -0.322 e. The molecule has 1 unspecified atom stereocenters. The Morgan fingerprint density at radius 1 is 1.56 bits per heavy atom. The molecule has 4 nitrogen and oxygen atoms in total. The fourth-order valence-corrected chi connectivity index (χ4v) is 1.79. The highest BCUT2D eigenvalue weighted by Gasteiger charge is 2.16. The normalized spacial score (nSPS) is 12.2. The fourth-order valence-electron chi connectivity index (χ4n) is 1.46. The first-order valence-corrected chi connectivity index (χ1v) is 6.12. The zero-order valence-electron chi connectivity index (χ0n) is 9.60. The van der Waals surface area contributed by atoms with Crippen LogP contribution in [0.25, 0.3) is 0 Å². The van der Waals surface area contributed by atoms with Gasteiger partial charge < -0.3 is 5.32 Å².